The van der Waals surface area contributed by atoms with Gasteiger partial charge in [-0.1, -0.05) is 67.6 Å². The molecule has 5 fully saturated rings. The van der Waals surface area contributed by atoms with Gasteiger partial charge in [0.15, 0.2) is 5.72 Å². The topological polar surface area (TPSA) is 65.5 Å². The zero-order chi connectivity index (χ0) is 26.0. The maximum Gasteiger partial charge on any atom is 0.310 e. The van der Waals surface area contributed by atoms with E-state index in [4.69, 9.17) is 9.47 Å². The van der Waals surface area contributed by atoms with Gasteiger partial charge in [-0.05, 0) is 43.4 Å². The highest BCUT2D eigenvalue weighted by molar-refractivity contribution is 5.75. The molecule has 5 aliphatic rings. The van der Waals surface area contributed by atoms with Gasteiger partial charge in [0.25, 0.3) is 0 Å². The van der Waals surface area contributed by atoms with Crippen LogP contribution in [0.4, 0.5) is 0 Å². The molecule has 2 unspecified atom stereocenters. The van der Waals surface area contributed by atoms with Crippen LogP contribution in [-0.4, -0.2) is 71.9 Å². The second kappa shape index (κ2) is 9.16. The highest BCUT2D eigenvalue weighted by Gasteiger charge is 2.65. The van der Waals surface area contributed by atoms with Crippen LogP contribution >= 0.6 is 0 Å². The number of hydrogen-bond donors (Lipinski definition) is 1. The Hall–Kier alpha value is -2.25. The molecule has 3 aliphatic heterocycles. The quantitative estimate of drug-likeness (QED) is 0.478. The van der Waals surface area contributed by atoms with Crippen LogP contribution < -0.4 is 0 Å². The third-order valence-electron chi connectivity index (χ3n) is 10.7. The zero-order valence-electron chi connectivity index (χ0n) is 22.4. The van der Waals surface area contributed by atoms with Gasteiger partial charge in [-0.2, -0.15) is 0 Å². The molecule has 6 atom stereocenters. The number of benzene rings is 2. The Morgan fingerprint density at radius 2 is 1.61 bits per heavy atom. The van der Waals surface area contributed by atoms with E-state index in [9.17, 15) is 9.90 Å². The monoisotopic (exact) mass is 516 g/mol. The summed E-state index contributed by atoms with van der Waals surface area (Å²) in [5.74, 6) is 0.783. The van der Waals surface area contributed by atoms with Gasteiger partial charge >= 0.3 is 5.97 Å². The van der Waals surface area contributed by atoms with Crippen molar-refractivity contribution in [2.24, 2.45) is 23.2 Å². The second-order valence-electron chi connectivity index (χ2n) is 12.8. The lowest BCUT2D eigenvalue weighted by Gasteiger charge is -2.51. The van der Waals surface area contributed by atoms with Crippen LogP contribution in [-0.2, 0) is 20.0 Å². The molecular formula is C32H40N2O4. The number of ether oxygens (including phenoxy) is 2. The Morgan fingerprint density at radius 3 is 2.21 bits per heavy atom. The third-order valence-corrected chi connectivity index (χ3v) is 10.7. The molecule has 2 aromatic rings. The molecule has 0 amide bonds. The van der Waals surface area contributed by atoms with Gasteiger partial charge in [0, 0.05) is 49.8 Å². The van der Waals surface area contributed by atoms with E-state index < -0.39 is 5.72 Å². The fourth-order valence-corrected chi connectivity index (χ4v) is 8.57. The average Bonchev–Trinajstić information content (AvgIpc) is 3.65. The first-order chi connectivity index (χ1) is 18.4. The van der Waals surface area contributed by atoms with Crippen molar-refractivity contribution in [3.05, 3.63) is 71.8 Å². The fraction of sp³-hybridized carbons (Fsp3) is 0.594. The van der Waals surface area contributed by atoms with Crippen LogP contribution in [0.25, 0.3) is 0 Å². The van der Waals surface area contributed by atoms with Gasteiger partial charge in [0.1, 0.15) is 6.10 Å². The Bertz CT molecular complexity index is 1120. The minimum Gasteiger partial charge on any atom is -0.462 e. The molecule has 6 heteroatoms. The molecule has 3 heterocycles. The summed E-state index contributed by atoms with van der Waals surface area (Å²) in [5, 5.41) is 12.2. The van der Waals surface area contributed by atoms with E-state index in [0.29, 0.717) is 11.8 Å². The normalized spacial score (nSPS) is 37.5. The Labute approximate surface area is 225 Å². The van der Waals surface area contributed by atoms with Crippen LogP contribution in [0.1, 0.15) is 50.2 Å². The van der Waals surface area contributed by atoms with Crippen molar-refractivity contribution in [3.8, 4) is 0 Å². The molecule has 2 aromatic carbocycles. The van der Waals surface area contributed by atoms with Crippen molar-refractivity contribution in [3.63, 3.8) is 0 Å². The highest BCUT2D eigenvalue weighted by Crippen LogP contribution is 2.62. The lowest BCUT2D eigenvalue weighted by Crippen LogP contribution is -2.57. The summed E-state index contributed by atoms with van der Waals surface area (Å²) >= 11 is 0. The van der Waals surface area contributed by atoms with E-state index in [1.165, 1.54) is 19.3 Å². The van der Waals surface area contributed by atoms with Crippen LogP contribution in [0, 0.1) is 23.2 Å². The Balaban J connectivity index is 1.05. The SMILES string of the molecule is C[C@]12CCC[C@]3(CO3)C1C[C@@H]1C(CN3CCN(C(O)(c4ccccc4)c4ccccc4)CC3)C(=O)O[C@@H]1C2. The smallest absolute Gasteiger partial charge is 0.310 e. The molecule has 0 bridgehead atoms. The van der Waals surface area contributed by atoms with Crippen molar-refractivity contribution in [2.75, 3.05) is 39.3 Å². The zero-order valence-corrected chi connectivity index (χ0v) is 22.4. The fourth-order valence-electron chi connectivity index (χ4n) is 8.57. The van der Waals surface area contributed by atoms with E-state index >= 15 is 0 Å². The number of esters is 1. The maximum atomic E-state index is 13.2. The van der Waals surface area contributed by atoms with Crippen molar-refractivity contribution in [1.82, 2.24) is 9.80 Å². The van der Waals surface area contributed by atoms with Gasteiger partial charge in [0.2, 0.25) is 0 Å². The molecule has 1 spiro atoms. The predicted octanol–water partition coefficient (Wildman–Crippen LogP) is 4.02. The average molecular weight is 517 g/mol. The van der Waals surface area contributed by atoms with Crippen LogP contribution in [0.2, 0.25) is 0 Å². The van der Waals surface area contributed by atoms with Gasteiger partial charge < -0.3 is 14.6 Å². The number of fused-ring (bicyclic) bond motifs is 3. The van der Waals surface area contributed by atoms with Crippen LogP contribution in [0.5, 0.6) is 0 Å². The summed E-state index contributed by atoms with van der Waals surface area (Å²) in [6, 6.07) is 19.9. The molecule has 0 aromatic heterocycles. The number of carbonyl (C=O) groups is 1. The van der Waals surface area contributed by atoms with E-state index in [1.807, 2.05) is 60.7 Å². The van der Waals surface area contributed by atoms with E-state index in [2.05, 4.69) is 16.7 Å². The Morgan fingerprint density at radius 1 is 0.974 bits per heavy atom. The molecule has 3 saturated heterocycles. The van der Waals surface area contributed by atoms with Gasteiger partial charge in [-0.15, -0.1) is 0 Å². The summed E-state index contributed by atoms with van der Waals surface area (Å²) in [6.45, 7) is 7.16. The first-order valence-corrected chi connectivity index (χ1v) is 14.6. The summed E-state index contributed by atoms with van der Waals surface area (Å²) < 4.78 is 12.1. The number of carbonyl (C=O) groups excluding carboxylic acids is 1. The van der Waals surface area contributed by atoms with E-state index in [0.717, 1.165) is 63.3 Å². The lowest BCUT2D eigenvalue weighted by molar-refractivity contribution is -0.147. The third kappa shape index (κ3) is 3.95. The predicted molar refractivity (Wildman–Crippen MR) is 144 cm³/mol. The molecule has 202 valence electrons. The van der Waals surface area contributed by atoms with Crippen molar-refractivity contribution in [1.29, 1.82) is 0 Å². The van der Waals surface area contributed by atoms with Crippen LogP contribution in [0.3, 0.4) is 0 Å². The number of aliphatic hydroxyl groups is 1. The van der Waals surface area contributed by atoms with Gasteiger partial charge in [-0.25, -0.2) is 0 Å². The first-order valence-electron chi connectivity index (χ1n) is 14.6. The van der Waals surface area contributed by atoms with Crippen molar-refractivity contribution in [2.45, 2.75) is 56.5 Å². The van der Waals surface area contributed by atoms with Crippen molar-refractivity contribution < 1.29 is 19.4 Å². The second-order valence-corrected chi connectivity index (χ2v) is 12.8. The molecule has 7 rings (SSSR count). The summed E-state index contributed by atoms with van der Waals surface area (Å²) in [7, 11) is 0. The number of epoxide rings is 1. The van der Waals surface area contributed by atoms with Crippen LogP contribution in [0.15, 0.2) is 60.7 Å². The first kappa shape index (κ1) is 24.8. The molecule has 38 heavy (non-hydrogen) atoms. The number of hydrogen-bond acceptors (Lipinski definition) is 6. The minimum absolute atomic E-state index is 0.000480. The number of nitrogens with zero attached hydrogens (tertiary/aromatic N) is 2. The molecule has 6 nitrogen and oxygen atoms in total. The standard InChI is InChI=1S/C32H40N2O4/c1-30-13-8-14-31(22-37-31)28(30)19-25-26(29(35)38-27(25)20-30)21-33-15-17-34(18-16-33)32(36,23-9-4-2-5-10-23)24-11-6-3-7-12-24/h2-7,9-12,25-28,36H,8,13-22H2,1H3/t25-,26?,27-,28?,30-,31+/m1/s1. The summed E-state index contributed by atoms with van der Waals surface area (Å²) in [4.78, 5) is 17.8. The van der Waals surface area contributed by atoms with E-state index in [-0.39, 0.29) is 29.0 Å². The molecule has 0 radical (unpaired) electrons. The summed E-state index contributed by atoms with van der Waals surface area (Å²) in [5.41, 5.74) is 0.904. The minimum atomic E-state index is -1.18. The van der Waals surface area contributed by atoms with Gasteiger partial charge in [0.05, 0.1) is 18.1 Å². The molecular weight excluding hydrogens is 476 g/mol. The van der Waals surface area contributed by atoms with Crippen molar-refractivity contribution >= 4 is 5.97 Å². The lowest BCUT2D eigenvalue weighted by atomic mass is 9.53. The Kier molecular flexibility index (Phi) is 5.97. The number of rotatable bonds is 5. The maximum absolute atomic E-state index is 13.2. The molecule has 2 aliphatic carbocycles. The largest absolute Gasteiger partial charge is 0.462 e. The molecule has 2 saturated carbocycles. The molecule has 1 N–H and O–H groups in total. The van der Waals surface area contributed by atoms with Gasteiger partial charge in [-0.3, -0.25) is 14.6 Å². The summed E-state index contributed by atoms with van der Waals surface area (Å²) in [6.07, 6.45) is 5.73. The van der Waals surface area contributed by atoms with E-state index in [1.54, 1.807) is 0 Å². The highest BCUT2D eigenvalue weighted by atomic mass is 16.6. The number of piperazine rings is 1.